The van der Waals surface area contributed by atoms with Crippen LogP contribution in [0.25, 0.3) is 0 Å². The molecular formula is C22H27N3O2. The van der Waals surface area contributed by atoms with Gasteiger partial charge in [-0.1, -0.05) is 30.3 Å². The van der Waals surface area contributed by atoms with Crippen LogP contribution in [0.15, 0.2) is 47.3 Å². The molecule has 0 unspecified atom stereocenters. The number of morpholine rings is 1. The number of fused-ring (bicyclic) bond motifs is 2. The number of rotatable bonds is 4. The Balaban J connectivity index is 1.46. The lowest BCUT2D eigenvalue weighted by atomic mass is 9.92. The Morgan fingerprint density at radius 1 is 1.07 bits per heavy atom. The van der Waals surface area contributed by atoms with Crippen molar-refractivity contribution in [3.05, 3.63) is 58.4 Å². The molecule has 3 atom stereocenters. The summed E-state index contributed by atoms with van der Waals surface area (Å²) in [7, 11) is 0. The number of hydrogen-bond donors (Lipinski definition) is 1. The van der Waals surface area contributed by atoms with Crippen LogP contribution in [0.4, 0.5) is 11.5 Å². The first-order valence-corrected chi connectivity index (χ1v) is 10.2. The number of benzene rings is 1. The van der Waals surface area contributed by atoms with Gasteiger partial charge < -0.3 is 19.5 Å². The molecule has 2 aliphatic heterocycles. The third-order valence-corrected chi connectivity index (χ3v) is 6.50. The molecule has 3 aliphatic rings. The summed E-state index contributed by atoms with van der Waals surface area (Å²) in [5.74, 6) is 1.72. The number of piperidine rings is 1. The van der Waals surface area contributed by atoms with E-state index in [1.54, 1.807) is 6.07 Å². The molecular weight excluding hydrogens is 338 g/mol. The maximum Gasteiger partial charge on any atom is 0.251 e. The van der Waals surface area contributed by atoms with E-state index in [1.807, 2.05) is 0 Å². The van der Waals surface area contributed by atoms with E-state index >= 15 is 0 Å². The Hall–Kier alpha value is -2.27. The van der Waals surface area contributed by atoms with Gasteiger partial charge in [-0.15, -0.1) is 0 Å². The normalized spacial score (nSPS) is 27.3. The second-order valence-corrected chi connectivity index (χ2v) is 8.08. The number of H-pyrrole nitrogens is 1. The summed E-state index contributed by atoms with van der Waals surface area (Å²) in [5, 5.41) is 0. The van der Waals surface area contributed by atoms with Crippen LogP contribution >= 0.6 is 0 Å². The lowest BCUT2D eigenvalue weighted by molar-refractivity contribution is 0.122. The number of ether oxygens (including phenoxy) is 1. The molecule has 1 N–H and O–H groups in total. The minimum atomic E-state index is -0.00442. The molecule has 0 amide bonds. The van der Waals surface area contributed by atoms with E-state index in [2.05, 4.69) is 51.2 Å². The number of nitrogens with zero attached hydrogens (tertiary/aromatic N) is 2. The van der Waals surface area contributed by atoms with Crippen LogP contribution in [-0.2, 0) is 11.2 Å². The first-order valence-electron chi connectivity index (χ1n) is 10.2. The molecule has 5 nitrogen and oxygen atoms in total. The van der Waals surface area contributed by atoms with E-state index in [9.17, 15) is 4.79 Å². The summed E-state index contributed by atoms with van der Waals surface area (Å²) in [5.41, 5.74) is 2.40. The van der Waals surface area contributed by atoms with Crippen LogP contribution in [0.3, 0.4) is 0 Å². The Morgan fingerprint density at radius 2 is 1.89 bits per heavy atom. The summed E-state index contributed by atoms with van der Waals surface area (Å²) < 4.78 is 5.47. The average Bonchev–Trinajstić information content (AvgIpc) is 3.31. The van der Waals surface area contributed by atoms with Crippen molar-refractivity contribution in [3.8, 4) is 0 Å². The summed E-state index contributed by atoms with van der Waals surface area (Å²) in [6.45, 7) is 3.16. The fourth-order valence-electron chi connectivity index (χ4n) is 5.25. The Kier molecular flexibility index (Phi) is 4.40. The predicted molar refractivity (Wildman–Crippen MR) is 108 cm³/mol. The van der Waals surface area contributed by atoms with Gasteiger partial charge in [-0.05, 0) is 37.2 Å². The summed E-state index contributed by atoms with van der Waals surface area (Å²) in [6, 6.07) is 15.7. The molecule has 0 spiro atoms. The molecule has 1 aromatic heterocycles. The van der Waals surface area contributed by atoms with Gasteiger partial charge >= 0.3 is 0 Å². The van der Waals surface area contributed by atoms with Gasteiger partial charge in [-0.2, -0.15) is 0 Å². The highest BCUT2D eigenvalue weighted by Gasteiger charge is 2.46. The maximum absolute atomic E-state index is 12.4. The van der Waals surface area contributed by atoms with Gasteiger partial charge in [0.1, 0.15) is 5.82 Å². The third kappa shape index (κ3) is 3.25. The monoisotopic (exact) mass is 365 g/mol. The van der Waals surface area contributed by atoms with E-state index in [4.69, 9.17) is 4.74 Å². The van der Waals surface area contributed by atoms with Crippen LogP contribution < -0.4 is 15.4 Å². The van der Waals surface area contributed by atoms with Crippen molar-refractivity contribution < 1.29 is 4.74 Å². The Morgan fingerprint density at radius 3 is 2.70 bits per heavy atom. The van der Waals surface area contributed by atoms with Crippen molar-refractivity contribution in [2.24, 2.45) is 5.92 Å². The van der Waals surface area contributed by atoms with Gasteiger partial charge in [0.15, 0.2) is 0 Å². The van der Waals surface area contributed by atoms with Gasteiger partial charge in [0, 0.05) is 43.0 Å². The van der Waals surface area contributed by atoms with Crippen molar-refractivity contribution in [2.75, 3.05) is 36.1 Å². The van der Waals surface area contributed by atoms with Crippen LogP contribution in [0.1, 0.15) is 24.8 Å². The zero-order valence-electron chi connectivity index (χ0n) is 15.6. The molecule has 1 saturated carbocycles. The summed E-state index contributed by atoms with van der Waals surface area (Å²) in [6.07, 6.45) is 4.85. The molecule has 3 heterocycles. The fourth-order valence-corrected chi connectivity index (χ4v) is 5.25. The summed E-state index contributed by atoms with van der Waals surface area (Å²) in [4.78, 5) is 20.4. The van der Waals surface area contributed by atoms with Crippen molar-refractivity contribution in [3.63, 3.8) is 0 Å². The average molecular weight is 365 g/mol. The topological polar surface area (TPSA) is 48.6 Å². The number of nitrogens with one attached hydrogen (secondary N) is 1. The molecule has 1 aliphatic carbocycles. The van der Waals surface area contributed by atoms with Crippen molar-refractivity contribution in [2.45, 2.75) is 37.8 Å². The van der Waals surface area contributed by atoms with E-state index in [0.717, 1.165) is 50.1 Å². The molecule has 3 fully saturated rings. The number of anilines is 2. The maximum atomic E-state index is 12.4. The zero-order chi connectivity index (χ0) is 18.2. The molecule has 0 radical (unpaired) electrons. The predicted octanol–water partition coefficient (Wildman–Crippen LogP) is 2.81. The highest BCUT2D eigenvalue weighted by atomic mass is 16.5. The fraction of sp³-hybridized carbons (Fsp3) is 0.500. The summed E-state index contributed by atoms with van der Waals surface area (Å²) >= 11 is 0. The third-order valence-electron chi connectivity index (χ3n) is 6.50. The zero-order valence-corrected chi connectivity index (χ0v) is 15.6. The Labute approximate surface area is 159 Å². The molecule has 2 aromatic rings. The van der Waals surface area contributed by atoms with Crippen LogP contribution in [-0.4, -0.2) is 43.4 Å². The van der Waals surface area contributed by atoms with Gasteiger partial charge in [-0.3, -0.25) is 4.79 Å². The van der Waals surface area contributed by atoms with Crippen LogP contribution in [0, 0.1) is 5.92 Å². The number of pyridine rings is 1. The standard InChI is InChI=1S/C22H27N3O2/c26-22-15-19(24-8-10-27-11-9-24)14-21(23-22)25-18-7-6-17(13-18)20(25)12-16-4-2-1-3-5-16/h1-5,14-15,17-18,20H,6-13H2,(H,23,26)/t17-,18+,20+/m0/s1. The number of hydrogen-bond acceptors (Lipinski definition) is 4. The number of aromatic nitrogens is 1. The first kappa shape index (κ1) is 16.9. The molecule has 142 valence electrons. The van der Waals surface area contributed by atoms with Crippen molar-refractivity contribution in [1.29, 1.82) is 0 Å². The van der Waals surface area contributed by atoms with Gasteiger partial charge in [0.05, 0.1) is 13.2 Å². The molecule has 5 rings (SSSR count). The van der Waals surface area contributed by atoms with Gasteiger partial charge in [-0.25, -0.2) is 0 Å². The number of aromatic amines is 1. The lowest BCUT2D eigenvalue weighted by Crippen LogP contribution is -2.44. The molecule has 2 saturated heterocycles. The molecule has 1 aromatic carbocycles. The largest absolute Gasteiger partial charge is 0.378 e. The minimum Gasteiger partial charge on any atom is -0.378 e. The van der Waals surface area contributed by atoms with E-state index in [0.29, 0.717) is 12.1 Å². The highest BCUT2D eigenvalue weighted by molar-refractivity contribution is 5.57. The van der Waals surface area contributed by atoms with Crippen LogP contribution in [0.2, 0.25) is 0 Å². The second-order valence-electron chi connectivity index (χ2n) is 8.08. The van der Waals surface area contributed by atoms with Gasteiger partial charge in [0.2, 0.25) is 0 Å². The van der Waals surface area contributed by atoms with Crippen LogP contribution in [0.5, 0.6) is 0 Å². The van der Waals surface area contributed by atoms with Crippen molar-refractivity contribution in [1.82, 2.24) is 4.98 Å². The minimum absolute atomic E-state index is 0.00442. The smallest absolute Gasteiger partial charge is 0.251 e. The Bertz CT molecular complexity index is 844. The molecule has 27 heavy (non-hydrogen) atoms. The quantitative estimate of drug-likeness (QED) is 0.905. The molecule has 5 heteroatoms. The van der Waals surface area contributed by atoms with Gasteiger partial charge in [0.25, 0.3) is 5.56 Å². The van der Waals surface area contributed by atoms with E-state index < -0.39 is 0 Å². The van der Waals surface area contributed by atoms with E-state index in [-0.39, 0.29) is 5.56 Å². The van der Waals surface area contributed by atoms with Crippen molar-refractivity contribution >= 4 is 11.5 Å². The SMILES string of the molecule is O=c1cc(N2CCOCC2)cc(N2[C@@H]3CC[C@@H](C3)[C@H]2Cc2ccccc2)[nH]1. The second kappa shape index (κ2) is 7.04. The van der Waals surface area contributed by atoms with E-state index in [1.165, 1.54) is 24.8 Å². The highest BCUT2D eigenvalue weighted by Crippen LogP contribution is 2.45. The lowest BCUT2D eigenvalue weighted by Gasteiger charge is -2.38. The first-order chi connectivity index (χ1) is 13.3. The molecule has 2 bridgehead atoms.